The van der Waals surface area contributed by atoms with E-state index >= 15 is 0 Å². The lowest BCUT2D eigenvalue weighted by Gasteiger charge is -2.32. The zero-order valence-corrected chi connectivity index (χ0v) is 7.03. The Bertz CT molecular complexity index is 251. The van der Waals surface area contributed by atoms with Gasteiger partial charge in [-0.3, -0.25) is 0 Å². The Morgan fingerprint density at radius 2 is 2.42 bits per heavy atom. The second-order valence-electron chi connectivity index (χ2n) is 3.38. The van der Waals surface area contributed by atoms with Gasteiger partial charge in [-0.05, 0) is 19.9 Å². The summed E-state index contributed by atoms with van der Waals surface area (Å²) in [5.41, 5.74) is -0.394. The molecule has 2 aliphatic rings. The molecule has 0 aliphatic carbocycles. The molecule has 0 spiro atoms. The summed E-state index contributed by atoms with van der Waals surface area (Å²) in [5.74, 6) is 0. The fourth-order valence-electron chi connectivity index (χ4n) is 1.65. The number of hydrogen-bond donors (Lipinski definition) is 1. The first-order chi connectivity index (χ1) is 5.62. The summed E-state index contributed by atoms with van der Waals surface area (Å²) in [6.45, 7) is 3.80. The molecule has 2 rings (SSSR count). The molecular weight excluding hydrogens is 158 g/mol. The van der Waals surface area contributed by atoms with E-state index in [4.69, 9.17) is 9.47 Å². The molecule has 12 heavy (non-hydrogen) atoms. The number of rotatable bonds is 0. The zero-order chi connectivity index (χ0) is 8.77. The van der Waals surface area contributed by atoms with Gasteiger partial charge in [-0.2, -0.15) is 0 Å². The molecule has 1 saturated heterocycles. The molecule has 0 unspecified atom stereocenters. The summed E-state index contributed by atoms with van der Waals surface area (Å²) in [6.07, 6.45) is 2.75. The van der Waals surface area contributed by atoms with Crippen molar-refractivity contribution in [3.63, 3.8) is 0 Å². The van der Waals surface area contributed by atoms with E-state index in [2.05, 4.69) is 5.32 Å². The van der Waals surface area contributed by atoms with Crippen LogP contribution in [-0.2, 0) is 9.47 Å². The molecule has 1 N–H and O–H groups in total. The highest BCUT2D eigenvalue weighted by molar-refractivity contribution is 5.72. The molecule has 1 fully saturated rings. The van der Waals surface area contributed by atoms with Crippen molar-refractivity contribution >= 4 is 6.09 Å². The third-order valence-corrected chi connectivity index (χ3v) is 2.33. The summed E-state index contributed by atoms with van der Waals surface area (Å²) in [7, 11) is 0. The van der Waals surface area contributed by atoms with Crippen LogP contribution < -0.4 is 5.32 Å². The zero-order valence-electron chi connectivity index (χ0n) is 7.03. The first kappa shape index (κ1) is 7.46. The molecule has 0 radical (unpaired) electrons. The Hall–Kier alpha value is -1.19. The predicted molar refractivity (Wildman–Crippen MR) is 41.5 cm³/mol. The summed E-state index contributed by atoms with van der Waals surface area (Å²) in [4.78, 5) is 10.9. The number of amides is 1. The Morgan fingerprint density at radius 3 is 3.08 bits per heavy atom. The van der Waals surface area contributed by atoms with Crippen LogP contribution in [-0.4, -0.2) is 23.8 Å². The summed E-state index contributed by atoms with van der Waals surface area (Å²) in [6, 6.07) is 0. The van der Waals surface area contributed by atoms with Crippen LogP contribution in [0.1, 0.15) is 13.8 Å². The number of fused-ring (bicyclic) bond motifs is 1. The van der Waals surface area contributed by atoms with Gasteiger partial charge in [0.25, 0.3) is 0 Å². The number of nitrogens with one attached hydrogen (secondary N) is 1. The first-order valence-electron chi connectivity index (χ1n) is 3.94. The van der Waals surface area contributed by atoms with Gasteiger partial charge in [0, 0.05) is 0 Å². The minimum absolute atomic E-state index is 0.0843. The monoisotopic (exact) mass is 169 g/mol. The second-order valence-corrected chi connectivity index (χ2v) is 3.38. The molecular formula is C8H11NO3. The molecule has 66 valence electrons. The smallest absolute Gasteiger partial charge is 0.408 e. The van der Waals surface area contributed by atoms with Crippen molar-refractivity contribution in [3.05, 3.63) is 12.3 Å². The van der Waals surface area contributed by atoms with E-state index < -0.39 is 5.54 Å². The largest absolute Gasteiger partial charge is 0.495 e. The maximum absolute atomic E-state index is 10.9. The molecule has 0 bridgehead atoms. The lowest BCUT2D eigenvalue weighted by molar-refractivity contribution is -0.00429. The number of carbonyl (C=O) groups excluding carboxylic acids is 1. The fraction of sp³-hybridized carbons (Fsp3) is 0.625. The van der Waals surface area contributed by atoms with E-state index in [1.807, 2.05) is 19.9 Å². The van der Waals surface area contributed by atoms with E-state index in [0.29, 0.717) is 0 Å². The molecule has 0 saturated carbocycles. The van der Waals surface area contributed by atoms with Crippen molar-refractivity contribution in [2.24, 2.45) is 0 Å². The maximum Gasteiger partial charge on any atom is 0.408 e. The van der Waals surface area contributed by atoms with Crippen molar-refractivity contribution in [1.29, 1.82) is 0 Å². The van der Waals surface area contributed by atoms with Crippen LogP contribution >= 0.6 is 0 Å². The van der Waals surface area contributed by atoms with Crippen LogP contribution in [0.3, 0.4) is 0 Å². The van der Waals surface area contributed by atoms with Gasteiger partial charge in [0.05, 0.1) is 6.26 Å². The van der Waals surface area contributed by atoms with Crippen molar-refractivity contribution in [2.45, 2.75) is 31.6 Å². The fourth-order valence-corrected chi connectivity index (χ4v) is 1.65. The molecule has 2 aliphatic heterocycles. The summed E-state index contributed by atoms with van der Waals surface area (Å²) in [5, 5.41) is 2.73. The van der Waals surface area contributed by atoms with Crippen LogP contribution in [0.4, 0.5) is 4.79 Å². The SMILES string of the molecule is C[C@@H]1OC=C[C@]2(C)NC(=O)O[C@H]12. The minimum atomic E-state index is -0.394. The molecule has 0 aromatic carbocycles. The van der Waals surface area contributed by atoms with Gasteiger partial charge < -0.3 is 14.8 Å². The Morgan fingerprint density at radius 1 is 1.67 bits per heavy atom. The molecule has 0 aromatic rings. The minimum Gasteiger partial charge on any atom is -0.495 e. The molecule has 1 amide bonds. The van der Waals surface area contributed by atoms with E-state index in [-0.39, 0.29) is 18.3 Å². The van der Waals surface area contributed by atoms with E-state index in [1.54, 1.807) is 6.26 Å². The van der Waals surface area contributed by atoms with Crippen LogP contribution in [0.2, 0.25) is 0 Å². The molecule has 4 heteroatoms. The van der Waals surface area contributed by atoms with Gasteiger partial charge in [0.15, 0.2) is 6.10 Å². The molecule has 3 atom stereocenters. The van der Waals surface area contributed by atoms with Gasteiger partial charge in [-0.25, -0.2) is 4.79 Å². The number of alkyl carbamates (subject to hydrolysis) is 1. The molecule has 4 nitrogen and oxygen atoms in total. The highest BCUT2D eigenvalue weighted by atomic mass is 16.6. The van der Waals surface area contributed by atoms with Crippen LogP contribution in [0, 0.1) is 0 Å². The van der Waals surface area contributed by atoms with Gasteiger partial charge in [0.1, 0.15) is 11.6 Å². The van der Waals surface area contributed by atoms with Crippen LogP contribution in [0.15, 0.2) is 12.3 Å². The van der Waals surface area contributed by atoms with Crippen molar-refractivity contribution < 1.29 is 14.3 Å². The lowest BCUT2D eigenvalue weighted by atomic mass is 9.91. The summed E-state index contributed by atoms with van der Waals surface area (Å²) >= 11 is 0. The third-order valence-electron chi connectivity index (χ3n) is 2.33. The highest BCUT2D eigenvalue weighted by Gasteiger charge is 2.48. The van der Waals surface area contributed by atoms with E-state index in [1.165, 1.54) is 0 Å². The van der Waals surface area contributed by atoms with Gasteiger partial charge >= 0.3 is 6.09 Å². The van der Waals surface area contributed by atoms with Crippen molar-refractivity contribution in [3.8, 4) is 0 Å². The Kier molecular flexibility index (Phi) is 1.34. The van der Waals surface area contributed by atoms with Crippen LogP contribution in [0.25, 0.3) is 0 Å². The first-order valence-corrected chi connectivity index (χ1v) is 3.94. The summed E-state index contributed by atoms with van der Waals surface area (Å²) < 4.78 is 10.3. The maximum atomic E-state index is 10.9. The number of carbonyl (C=O) groups is 1. The number of ether oxygens (including phenoxy) is 2. The second kappa shape index (κ2) is 2.15. The molecule has 2 heterocycles. The van der Waals surface area contributed by atoms with E-state index in [9.17, 15) is 4.79 Å². The predicted octanol–water partition coefficient (Wildman–Crippen LogP) is 0.786. The highest BCUT2D eigenvalue weighted by Crippen LogP contribution is 2.29. The average Bonchev–Trinajstić information content (AvgIpc) is 2.26. The Labute approximate surface area is 70.5 Å². The van der Waals surface area contributed by atoms with Crippen molar-refractivity contribution in [2.75, 3.05) is 0 Å². The van der Waals surface area contributed by atoms with E-state index in [0.717, 1.165) is 0 Å². The third kappa shape index (κ3) is 0.873. The Balaban J connectivity index is 2.32. The quantitative estimate of drug-likeness (QED) is 0.583. The average molecular weight is 169 g/mol. The van der Waals surface area contributed by atoms with Crippen LogP contribution in [0.5, 0.6) is 0 Å². The normalized spacial score (nSPS) is 44.3. The van der Waals surface area contributed by atoms with Gasteiger partial charge in [0.2, 0.25) is 0 Å². The topological polar surface area (TPSA) is 47.6 Å². The van der Waals surface area contributed by atoms with Gasteiger partial charge in [-0.15, -0.1) is 0 Å². The molecule has 0 aromatic heterocycles. The van der Waals surface area contributed by atoms with Gasteiger partial charge in [-0.1, -0.05) is 0 Å². The van der Waals surface area contributed by atoms with Crippen molar-refractivity contribution in [1.82, 2.24) is 5.32 Å². The lowest BCUT2D eigenvalue weighted by Crippen LogP contribution is -2.50. The number of hydrogen-bond acceptors (Lipinski definition) is 3. The standard InChI is InChI=1S/C8H11NO3/c1-5-6-8(2,3-4-11-5)9-7(10)12-6/h3-6H,1-2H3,(H,9,10)/t5-,6+,8-/m0/s1.